The molecule has 0 aromatic heterocycles. The minimum Gasteiger partial charge on any atom is -0.484 e. The van der Waals surface area contributed by atoms with Gasteiger partial charge in [0, 0.05) is 0 Å². The molecule has 0 unspecified atom stereocenters. The van der Waals surface area contributed by atoms with Gasteiger partial charge in [-0.25, -0.2) is 4.79 Å². The minimum atomic E-state index is -0.436. The lowest BCUT2D eigenvalue weighted by Gasteiger charge is -2.13. The van der Waals surface area contributed by atoms with Crippen molar-refractivity contribution in [1.82, 2.24) is 0 Å². The van der Waals surface area contributed by atoms with E-state index in [4.69, 9.17) is 9.47 Å². The molecule has 13 heavy (non-hydrogen) atoms. The molecule has 3 heteroatoms. The standard InChI is InChI=1S/C10H16O3/c1-3-12-10(11)8(2)13-9-6-4-5-7-9/h9H,2-7H2,1H3. The molecule has 0 saturated heterocycles. The Morgan fingerprint density at radius 3 is 2.62 bits per heavy atom. The lowest BCUT2D eigenvalue weighted by Crippen LogP contribution is -2.15. The number of carbonyl (C=O) groups excluding carboxylic acids is 1. The van der Waals surface area contributed by atoms with Crippen LogP contribution in [0, 0.1) is 0 Å². The van der Waals surface area contributed by atoms with Crippen LogP contribution in [0.1, 0.15) is 32.6 Å². The van der Waals surface area contributed by atoms with Gasteiger partial charge in [-0.05, 0) is 39.2 Å². The van der Waals surface area contributed by atoms with Crippen LogP contribution < -0.4 is 0 Å². The van der Waals surface area contributed by atoms with Gasteiger partial charge in [-0.1, -0.05) is 0 Å². The fourth-order valence-corrected chi connectivity index (χ4v) is 1.47. The first-order valence-corrected chi connectivity index (χ1v) is 4.76. The maximum atomic E-state index is 11.1. The van der Waals surface area contributed by atoms with Crippen molar-refractivity contribution in [2.24, 2.45) is 0 Å². The summed E-state index contributed by atoms with van der Waals surface area (Å²) < 4.78 is 10.1. The highest BCUT2D eigenvalue weighted by atomic mass is 16.6. The molecule has 0 bridgehead atoms. The van der Waals surface area contributed by atoms with Crippen molar-refractivity contribution in [3.05, 3.63) is 12.3 Å². The number of ether oxygens (including phenoxy) is 2. The summed E-state index contributed by atoms with van der Waals surface area (Å²) in [7, 11) is 0. The third-order valence-corrected chi connectivity index (χ3v) is 2.11. The molecule has 0 heterocycles. The van der Waals surface area contributed by atoms with Crippen molar-refractivity contribution in [3.63, 3.8) is 0 Å². The van der Waals surface area contributed by atoms with Gasteiger partial charge in [0.25, 0.3) is 0 Å². The zero-order valence-corrected chi connectivity index (χ0v) is 8.04. The zero-order valence-electron chi connectivity index (χ0n) is 8.04. The molecule has 1 saturated carbocycles. The molecule has 0 aromatic rings. The molecule has 0 spiro atoms. The summed E-state index contributed by atoms with van der Waals surface area (Å²) in [6.07, 6.45) is 4.59. The Morgan fingerprint density at radius 1 is 1.46 bits per heavy atom. The summed E-state index contributed by atoms with van der Waals surface area (Å²) in [6, 6.07) is 0. The molecule has 1 aliphatic rings. The highest BCUT2D eigenvalue weighted by Crippen LogP contribution is 2.22. The molecule has 0 N–H and O–H groups in total. The van der Waals surface area contributed by atoms with Gasteiger partial charge in [-0.3, -0.25) is 0 Å². The normalized spacial score (nSPS) is 17.0. The van der Waals surface area contributed by atoms with E-state index in [1.807, 2.05) is 0 Å². The first-order chi connectivity index (χ1) is 6.24. The molecule has 0 aliphatic heterocycles. The third kappa shape index (κ3) is 3.09. The summed E-state index contributed by atoms with van der Waals surface area (Å²) in [5.74, 6) is -0.289. The quantitative estimate of drug-likeness (QED) is 0.381. The summed E-state index contributed by atoms with van der Waals surface area (Å²) >= 11 is 0. The van der Waals surface area contributed by atoms with Gasteiger partial charge in [0.15, 0.2) is 5.76 Å². The van der Waals surface area contributed by atoms with E-state index >= 15 is 0 Å². The monoisotopic (exact) mass is 184 g/mol. The lowest BCUT2D eigenvalue weighted by molar-refractivity contribution is -0.143. The fourth-order valence-electron chi connectivity index (χ4n) is 1.47. The van der Waals surface area contributed by atoms with E-state index in [0.717, 1.165) is 12.8 Å². The molecule has 1 rings (SSSR count). The van der Waals surface area contributed by atoms with Crippen molar-refractivity contribution >= 4 is 5.97 Å². The van der Waals surface area contributed by atoms with E-state index < -0.39 is 5.97 Å². The summed E-state index contributed by atoms with van der Waals surface area (Å²) in [5, 5.41) is 0. The molecule has 0 aromatic carbocycles. The smallest absolute Gasteiger partial charge is 0.372 e. The predicted octanol–water partition coefficient (Wildman–Crippen LogP) is 2.02. The van der Waals surface area contributed by atoms with Crippen molar-refractivity contribution in [2.45, 2.75) is 38.7 Å². The van der Waals surface area contributed by atoms with Crippen molar-refractivity contribution in [2.75, 3.05) is 6.61 Å². The first-order valence-electron chi connectivity index (χ1n) is 4.76. The maximum absolute atomic E-state index is 11.1. The molecule has 3 nitrogen and oxygen atoms in total. The largest absolute Gasteiger partial charge is 0.484 e. The van der Waals surface area contributed by atoms with Crippen LogP contribution in [0.5, 0.6) is 0 Å². The van der Waals surface area contributed by atoms with Gasteiger partial charge in [0.05, 0.1) is 12.7 Å². The van der Waals surface area contributed by atoms with Crippen molar-refractivity contribution in [3.8, 4) is 0 Å². The van der Waals surface area contributed by atoms with Crippen LogP contribution in [0.2, 0.25) is 0 Å². The van der Waals surface area contributed by atoms with E-state index in [1.165, 1.54) is 12.8 Å². The SMILES string of the molecule is C=C(OC1CCCC1)C(=O)OCC. The molecular weight excluding hydrogens is 168 g/mol. The van der Waals surface area contributed by atoms with E-state index in [1.54, 1.807) is 6.92 Å². The Balaban J connectivity index is 2.27. The number of hydrogen-bond donors (Lipinski definition) is 0. The second kappa shape index (κ2) is 4.90. The number of carbonyl (C=O) groups is 1. The Morgan fingerprint density at radius 2 is 2.08 bits per heavy atom. The molecule has 74 valence electrons. The maximum Gasteiger partial charge on any atom is 0.372 e. The number of hydrogen-bond acceptors (Lipinski definition) is 3. The summed E-state index contributed by atoms with van der Waals surface area (Å²) in [5.41, 5.74) is 0. The third-order valence-electron chi connectivity index (χ3n) is 2.11. The van der Waals surface area contributed by atoms with Crippen LogP contribution in [0.25, 0.3) is 0 Å². The predicted molar refractivity (Wildman–Crippen MR) is 49.1 cm³/mol. The van der Waals surface area contributed by atoms with Gasteiger partial charge in [0.1, 0.15) is 0 Å². The number of rotatable bonds is 4. The Labute approximate surface area is 78.7 Å². The highest BCUT2D eigenvalue weighted by molar-refractivity contribution is 5.85. The first kappa shape index (κ1) is 10.1. The van der Waals surface area contributed by atoms with Crippen LogP contribution in [0.4, 0.5) is 0 Å². The molecule has 0 radical (unpaired) electrons. The Bertz CT molecular complexity index is 192. The minimum absolute atomic E-state index is 0.147. The average molecular weight is 184 g/mol. The second-order valence-electron chi connectivity index (χ2n) is 3.17. The van der Waals surface area contributed by atoms with Gasteiger partial charge in [-0.2, -0.15) is 0 Å². The highest BCUT2D eigenvalue weighted by Gasteiger charge is 2.19. The van der Waals surface area contributed by atoms with Crippen LogP contribution in [-0.2, 0) is 14.3 Å². The molecular formula is C10H16O3. The lowest BCUT2D eigenvalue weighted by atomic mass is 10.3. The van der Waals surface area contributed by atoms with Crippen molar-refractivity contribution in [1.29, 1.82) is 0 Å². The van der Waals surface area contributed by atoms with Crippen LogP contribution in [0.15, 0.2) is 12.3 Å². The van der Waals surface area contributed by atoms with E-state index in [2.05, 4.69) is 6.58 Å². The molecule has 1 fully saturated rings. The summed E-state index contributed by atoms with van der Waals surface area (Å²) in [4.78, 5) is 11.1. The summed E-state index contributed by atoms with van der Waals surface area (Å²) in [6.45, 7) is 5.67. The van der Waals surface area contributed by atoms with Crippen molar-refractivity contribution < 1.29 is 14.3 Å². The average Bonchev–Trinajstić information content (AvgIpc) is 2.57. The second-order valence-corrected chi connectivity index (χ2v) is 3.17. The number of esters is 1. The van der Waals surface area contributed by atoms with Crippen LogP contribution >= 0.6 is 0 Å². The van der Waals surface area contributed by atoms with Gasteiger partial charge in [0.2, 0.25) is 0 Å². The van der Waals surface area contributed by atoms with Crippen LogP contribution in [0.3, 0.4) is 0 Å². The van der Waals surface area contributed by atoms with Gasteiger partial charge in [-0.15, -0.1) is 0 Å². The van der Waals surface area contributed by atoms with E-state index in [9.17, 15) is 4.79 Å². The molecule has 1 aliphatic carbocycles. The Hall–Kier alpha value is -0.990. The van der Waals surface area contributed by atoms with Gasteiger partial charge >= 0.3 is 5.97 Å². The topological polar surface area (TPSA) is 35.5 Å². The molecule has 0 atom stereocenters. The molecule has 0 amide bonds. The fraction of sp³-hybridized carbons (Fsp3) is 0.700. The van der Waals surface area contributed by atoms with Gasteiger partial charge < -0.3 is 9.47 Å². The van der Waals surface area contributed by atoms with Crippen LogP contribution in [-0.4, -0.2) is 18.7 Å². The Kier molecular flexibility index (Phi) is 3.80. The van der Waals surface area contributed by atoms with E-state index in [-0.39, 0.29) is 11.9 Å². The zero-order chi connectivity index (χ0) is 9.68. The van der Waals surface area contributed by atoms with E-state index in [0.29, 0.717) is 6.61 Å².